The van der Waals surface area contributed by atoms with Crippen molar-refractivity contribution in [1.29, 1.82) is 0 Å². The van der Waals surface area contributed by atoms with Gasteiger partial charge in [0.25, 0.3) is 5.91 Å². The highest BCUT2D eigenvalue weighted by molar-refractivity contribution is 7.12. The van der Waals surface area contributed by atoms with E-state index in [2.05, 4.69) is 4.98 Å². The topological polar surface area (TPSA) is 90.7 Å². The summed E-state index contributed by atoms with van der Waals surface area (Å²) in [7, 11) is 0. The number of hydrogen-bond donors (Lipinski definition) is 2. The van der Waals surface area contributed by atoms with Crippen molar-refractivity contribution in [3.63, 3.8) is 0 Å². The van der Waals surface area contributed by atoms with Crippen LogP contribution in [-0.4, -0.2) is 26.9 Å². The average molecular weight is 413 g/mol. The van der Waals surface area contributed by atoms with Gasteiger partial charge in [0.15, 0.2) is 5.76 Å². The Morgan fingerprint density at radius 1 is 1.18 bits per heavy atom. The lowest BCUT2D eigenvalue weighted by molar-refractivity contribution is -0.117. The highest BCUT2D eigenvalue weighted by atomic mass is 35.5. The van der Waals surface area contributed by atoms with Crippen molar-refractivity contribution >= 4 is 40.3 Å². The third kappa shape index (κ3) is 2.94. The number of benzene rings is 1. The third-order valence-electron chi connectivity index (χ3n) is 4.39. The number of hydrogen-bond acceptors (Lipinski definition) is 6. The maximum Gasteiger partial charge on any atom is 0.294 e. The standard InChI is InChI=1S/C20H13ClN2O4S/c21-12-5-6-14(24)13(9-12)23-17(11-3-1-7-22-10-11)16(19(26)20(23)27)18(25)15-4-2-8-28-15/h1-10,17,24,26H. The van der Waals surface area contributed by atoms with Gasteiger partial charge >= 0.3 is 0 Å². The van der Waals surface area contributed by atoms with Crippen molar-refractivity contribution in [1.82, 2.24) is 4.98 Å². The van der Waals surface area contributed by atoms with E-state index in [0.29, 0.717) is 15.5 Å². The molecule has 1 atom stereocenters. The highest BCUT2D eigenvalue weighted by Crippen LogP contribution is 2.45. The van der Waals surface area contributed by atoms with Crippen LogP contribution < -0.4 is 4.90 Å². The fourth-order valence-electron chi connectivity index (χ4n) is 3.17. The molecule has 0 aliphatic carbocycles. The first-order valence-corrected chi connectivity index (χ1v) is 9.48. The number of thiophene rings is 1. The highest BCUT2D eigenvalue weighted by Gasteiger charge is 2.45. The van der Waals surface area contributed by atoms with Crippen LogP contribution in [0.4, 0.5) is 5.69 Å². The molecule has 140 valence electrons. The van der Waals surface area contributed by atoms with Crippen LogP contribution in [0.15, 0.2) is 71.6 Å². The second-order valence-electron chi connectivity index (χ2n) is 6.07. The Kier molecular flexibility index (Phi) is 4.62. The molecule has 6 nitrogen and oxygen atoms in total. The molecule has 2 aromatic heterocycles. The number of aromatic nitrogens is 1. The van der Waals surface area contributed by atoms with E-state index >= 15 is 0 Å². The Labute approximate surface area is 169 Å². The number of Topliss-reactive ketones (excluding diaryl/α,β-unsaturated/α-hetero) is 1. The molecule has 2 N–H and O–H groups in total. The summed E-state index contributed by atoms with van der Waals surface area (Å²) in [5.41, 5.74) is 0.533. The quantitative estimate of drug-likeness (QED) is 0.624. The molecule has 8 heteroatoms. The van der Waals surface area contributed by atoms with Crippen LogP contribution >= 0.6 is 22.9 Å². The van der Waals surface area contributed by atoms with Crippen LogP contribution in [0.1, 0.15) is 21.3 Å². The van der Waals surface area contributed by atoms with Crippen molar-refractivity contribution in [3.8, 4) is 5.75 Å². The second kappa shape index (κ2) is 7.10. The predicted octanol–water partition coefficient (Wildman–Crippen LogP) is 4.29. The number of aromatic hydroxyl groups is 1. The Hall–Kier alpha value is -3.16. The largest absolute Gasteiger partial charge is 0.506 e. The number of amides is 1. The molecule has 3 aromatic rings. The Balaban J connectivity index is 1.92. The minimum absolute atomic E-state index is 0.0696. The number of rotatable bonds is 4. The normalized spacial score (nSPS) is 16.7. The minimum atomic E-state index is -0.958. The molecule has 0 bridgehead atoms. The number of anilines is 1. The molecule has 1 aromatic carbocycles. The van der Waals surface area contributed by atoms with Gasteiger partial charge in [0.1, 0.15) is 5.75 Å². The number of aliphatic hydroxyl groups is 1. The van der Waals surface area contributed by atoms with E-state index < -0.39 is 23.5 Å². The molecule has 1 unspecified atom stereocenters. The number of phenols is 1. The fraction of sp³-hybridized carbons (Fsp3) is 0.0500. The lowest BCUT2D eigenvalue weighted by Gasteiger charge is -2.27. The molecule has 1 aliphatic heterocycles. The number of carbonyl (C=O) groups is 2. The predicted molar refractivity (Wildman–Crippen MR) is 106 cm³/mol. The van der Waals surface area contributed by atoms with E-state index in [1.165, 1.54) is 35.7 Å². The molecule has 4 rings (SSSR count). The number of nitrogens with zero attached hydrogens (tertiary/aromatic N) is 2. The molecule has 0 saturated heterocycles. The molecule has 0 saturated carbocycles. The third-order valence-corrected chi connectivity index (χ3v) is 5.50. The smallest absolute Gasteiger partial charge is 0.294 e. The number of aliphatic hydroxyl groups excluding tert-OH is 1. The van der Waals surface area contributed by atoms with Crippen LogP contribution in [0.3, 0.4) is 0 Å². The van der Waals surface area contributed by atoms with Crippen molar-refractivity contribution < 1.29 is 19.8 Å². The number of carbonyl (C=O) groups excluding carboxylic acids is 2. The van der Waals surface area contributed by atoms with E-state index in [9.17, 15) is 19.8 Å². The van der Waals surface area contributed by atoms with Gasteiger partial charge in [-0.3, -0.25) is 19.5 Å². The lowest BCUT2D eigenvalue weighted by atomic mass is 9.96. The Morgan fingerprint density at radius 2 is 2.00 bits per heavy atom. The Morgan fingerprint density at radius 3 is 2.68 bits per heavy atom. The summed E-state index contributed by atoms with van der Waals surface area (Å²) < 4.78 is 0. The Bertz CT molecular complexity index is 1100. The van der Waals surface area contributed by atoms with E-state index in [0.717, 1.165) is 4.90 Å². The summed E-state index contributed by atoms with van der Waals surface area (Å²) in [6, 6.07) is 9.97. The molecular formula is C20H13ClN2O4S. The maximum absolute atomic E-state index is 13.1. The number of pyridine rings is 1. The van der Waals surface area contributed by atoms with Gasteiger partial charge in [-0.15, -0.1) is 11.3 Å². The molecule has 0 radical (unpaired) electrons. The van der Waals surface area contributed by atoms with E-state index in [4.69, 9.17) is 11.6 Å². The zero-order valence-electron chi connectivity index (χ0n) is 14.2. The van der Waals surface area contributed by atoms with Gasteiger partial charge in [0.05, 0.1) is 22.2 Å². The molecule has 0 spiro atoms. The van der Waals surface area contributed by atoms with Crippen molar-refractivity contribution in [2.75, 3.05) is 4.90 Å². The monoisotopic (exact) mass is 412 g/mol. The second-order valence-corrected chi connectivity index (χ2v) is 7.45. The summed E-state index contributed by atoms with van der Waals surface area (Å²) in [6.45, 7) is 0. The summed E-state index contributed by atoms with van der Waals surface area (Å²) in [5.74, 6) is -2.12. The zero-order chi connectivity index (χ0) is 19.8. The molecule has 1 aliphatic rings. The molecule has 1 amide bonds. The van der Waals surface area contributed by atoms with Crippen LogP contribution in [0.5, 0.6) is 5.75 Å². The van der Waals surface area contributed by atoms with E-state index in [-0.39, 0.29) is 17.0 Å². The lowest BCUT2D eigenvalue weighted by Crippen LogP contribution is -2.31. The van der Waals surface area contributed by atoms with Gasteiger partial charge < -0.3 is 10.2 Å². The van der Waals surface area contributed by atoms with Crippen molar-refractivity contribution in [2.24, 2.45) is 0 Å². The van der Waals surface area contributed by atoms with Crippen LogP contribution in [0.2, 0.25) is 5.02 Å². The van der Waals surface area contributed by atoms with Gasteiger partial charge in [-0.05, 0) is 41.3 Å². The molecule has 3 heterocycles. The first kappa shape index (κ1) is 18.2. The average Bonchev–Trinajstić information content (AvgIpc) is 3.32. The van der Waals surface area contributed by atoms with Gasteiger partial charge in [0, 0.05) is 17.4 Å². The summed E-state index contributed by atoms with van der Waals surface area (Å²) in [5, 5.41) is 22.9. The SMILES string of the molecule is O=C(C1=C(O)C(=O)N(c2cc(Cl)ccc2O)C1c1cccnc1)c1cccs1. The first-order valence-electron chi connectivity index (χ1n) is 8.22. The summed E-state index contributed by atoms with van der Waals surface area (Å²) in [6.07, 6.45) is 3.07. The number of phenolic OH excluding ortho intramolecular Hbond substituents is 1. The van der Waals surface area contributed by atoms with E-state index in [1.807, 2.05) is 0 Å². The van der Waals surface area contributed by atoms with Crippen LogP contribution in [0, 0.1) is 0 Å². The van der Waals surface area contributed by atoms with Gasteiger partial charge in [-0.1, -0.05) is 23.7 Å². The molecule has 28 heavy (non-hydrogen) atoms. The molecule has 0 fully saturated rings. The van der Waals surface area contributed by atoms with E-state index in [1.54, 1.807) is 35.8 Å². The maximum atomic E-state index is 13.1. The summed E-state index contributed by atoms with van der Waals surface area (Å²) in [4.78, 5) is 31.6. The van der Waals surface area contributed by atoms with Gasteiger partial charge in [0.2, 0.25) is 5.78 Å². The minimum Gasteiger partial charge on any atom is -0.506 e. The molecular weight excluding hydrogens is 400 g/mol. The van der Waals surface area contributed by atoms with Crippen molar-refractivity contribution in [2.45, 2.75) is 6.04 Å². The summed E-state index contributed by atoms with van der Waals surface area (Å²) >= 11 is 7.26. The van der Waals surface area contributed by atoms with Gasteiger partial charge in [-0.2, -0.15) is 0 Å². The van der Waals surface area contributed by atoms with Crippen molar-refractivity contribution in [3.05, 3.63) is 87.0 Å². The number of ketones is 1. The first-order chi connectivity index (χ1) is 13.5. The van der Waals surface area contributed by atoms with Crippen LogP contribution in [-0.2, 0) is 4.79 Å². The van der Waals surface area contributed by atoms with Crippen LogP contribution in [0.25, 0.3) is 0 Å². The van der Waals surface area contributed by atoms with Gasteiger partial charge in [-0.25, -0.2) is 0 Å². The fourth-order valence-corrected chi connectivity index (χ4v) is 4.01. The zero-order valence-corrected chi connectivity index (χ0v) is 15.8. The number of halogens is 1.